The second-order valence-corrected chi connectivity index (χ2v) is 20.2. The van der Waals surface area contributed by atoms with Gasteiger partial charge in [-0.05, 0) is 77.3 Å². The molecule has 0 atom stereocenters. The summed E-state index contributed by atoms with van der Waals surface area (Å²) in [5.41, 5.74) is 10.9. The van der Waals surface area contributed by atoms with Gasteiger partial charge in [0.05, 0.1) is 0 Å². The molecule has 0 saturated heterocycles. The number of hydrogen-bond donors (Lipinski definition) is 4. The molecule has 6 N–H and O–H groups in total. The predicted molar refractivity (Wildman–Crippen MR) is 108 cm³/mol. The fraction of sp³-hybridized carbons (Fsp3) is 1.00. The summed E-state index contributed by atoms with van der Waals surface area (Å²) in [7, 11) is -5.44. The van der Waals surface area contributed by atoms with E-state index in [4.69, 9.17) is 19.7 Å². The maximum absolute atomic E-state index is 6.56. The van der Waals surface area contributed by atoms with Gasteiger partial charge in [0.1, 0.15) is 0 Å². The van der Waals surface area contributed by atoms with Crippen molar-refractivity contribution in [3.63, 3.8) is 0 Å². The first-order valence-electron chi connectivity index (χ1n) is 8.75. The smallest absolute Gasteiger partial charge is 0.311 e. The summed E-state index contributed by atoms with van der Waals surface area (Å²) < 4.78 is 13.1. The van der Waals surface area contributed by atoms with Gasteiger partial charge in [0, 0.05) is 13.3 Å². The van der Waals surface area contributed by atoms with Gasteiger partial charge in [0.2, 0.25) is 0 Å². The molecule has 0 saturated carbocycles. The average molecular weight is 381 g/mol. The van der Waals surface area contributed by atoms with Crippen molar-refractivity contribution < 1.29 is 8.23 Å². The van der Waals surface area contributed by atoms with E-state index >= 15 is 0 Å². The van der Waals surface area contributed by atoms with Gasteiger partial charge in [0.15, 0.2) is 16.6 Å². The van der Waals surface area contributed by atoms with E-state index in [2.05, 4.69) is 49.9 Å². The zero-order valence-corrected chi connectivity index (χ0v) is 19.1. The van der Waals surface area contributed by atoms with Crippen molar-refractivity contribution in [1.82, 2.24) is 10.6 Å². The van der Waals surface area contributed by atoms with E-state index in [1.165, 1.54) is 0 Å². The molecule has 140 valence electrons. The van der Waals surface area contributed by atoms with Crippen molar-refractivity contribution in [3.8, 4) is 0 Å². The Hall–Kier alpha value is 0.411. The molecule has 0 unspecified atom stereocenters. The number of rotatable bonds is 14. The van der Waals surface area contributed by atoms with Gasteiger partial charge in [-0.2, -0.15) is 0 Å². The third-order valence-corrected chi connectivity index (χ3v) is 15.1. The largest absolute Gasteiger partial charge is 0.437 e. The van der Waals surface area contributed by atoms with Gasteiger partial charge >= 0.3 is 8.56 Å². The van der Waals surface area contributed by atoms with Crippen LogP contribution in [0.3, 0.4) is 0 Å². The standard InChI is InChI=1S/C14H40N4O2Si3/c1-21(2,11-7-9-17-13-15)19-23(5,6)20-22(3,4)12-8-10-18-14-16/h17-18H,7-16H2,1-6H3. The Morgan fingerprint density at radius 3 is 1.35 bits per heavy atom. The highest BCUT2D eigenvalue weighted by molar-refractivity contribution is 6.87. The van der Waals surface area contributed by atoms with Crippen LogP contribution in [0.4, 0.5) is 0 Å². The van der Waals surface area contributed by atoms with Gasteiger partial charge in [-0.1, -0.05) is 0 Å². The molecule has 0 aromatic carbocycles. The molecular weight excluding hydrogens is 340 g/mol. The van der Waals surface area contributed by atoms with Crippen LogP contribution in [0.5, 0.6) is 0 Å². The minimum atomic E-state index is -2.08. The van der Waals surface area contributed by atoms with Crippen molar-refractivity contribution in [2.45, 2.75) is 64.2 Å². The highest BCUT2D eigenvalue weighted by atomic mass is 28.5. The van der Waals surface area contributed by atoms with Gasteiger partial charge in [-0.15, -0.1) is 0 Å². The molecule has 0 heterocycles. The normalized spacial score (nSPS) is 13.6. The Morgan fingerprint density at radius 1 is 0.696 bits per heavy atom. The van der Waals surface area contributed by atoms with E-state index < -0.39 is 25.2 Å². The van der Waals surface area contributed by atoms with Crippen LogP contribution < -0.4 is 22.1 Å². The minimum absolute atomic E-state index is 0.547. The van der Waals surface area contributed by atoms with Crippen LogP contribution >= 0.6 is 0 Å². The van der Waals surface area contributed by atoms with Crippen molar-refractivity contribution >= 4 is 25.2 Å². The molecule has 0 rings (SSSR count). The summed E-state index contributed by atoms with van der Waals surface area (Å²) in [6.45, 7) is 16.6. The lowest BCUT2D eigenvalue weighted by Crippen LogP contribution is -2.52. The number of hydrogen-bond acceptors (Lipinski definition) is 6. The van der Waals surface area contributed by atoms with E-state index in [9.17, 15) is 0 Å². The molecule has 0 aliphatic rings. The second-order valence-electron chi connectivity index (χ2n) is 7.74. The van der Waals surface area contributed by atoms with Crippen LogP contribution in [-0.2, 0) is 8.23 Å². The van der Waals surface area contributed by atoms with E-state index in [1.807, 2.05) is 0 Å². The second kappa shape index (κ2) is 11.1. The van der Waals surface area contributed by atoms with Crippen LogP contribution in [0.25, 0.3) is 0 Å². The average Bonchev–Trinajstić information content (AvgIpc) is 2.37. The Morgan fingerprint density at radius 2 is 1.04 bits per heavy atom. The maximum Gasteiger partial charge on any atom is 0.311 e. The van der Waals surface area contributed by atoms with Crippen LogP contribution in [0.1, 0.15) is 12.8 Å². The quantitative estimate of drug-likeness (QED) is 0.209. The third kappa shape index (κ3) is 13.4. The van der Waals surface area contributed by atoms with Crippen molar-refractivity contribution in [3.05, 3.63) is 0 Å². The maximum atomic E-state index is 6.56. The summed E-state index contributed by atoms with van der Waals surface area (Å²) in [6.07, 6.45) is 2.24. The molecular formula is C14H40N4O2Si3. The highest BCUT2D eigenvalue weighted by Crippen LogP contribution is 2.25. The summed E-state index contributed by atoms with van der Waals surface area (Å²) in [5.74, 6) is 0. The fourth-order valence-electron chi connectivity index (χ4n) is 2.94. The molecule has 0 radical (unpaired) electrons. The van der Waals surface area contributed by atoms with Gasteiger partial charge < -0.3 is 30.3 Å². The SMILES string of the molecule is C[Si](C)(CCCNCN)O[Si](C)(C)O[Si](C)(C)CCCNCN. The Bertz CT molecular complexity index is 290. The molecule has 0 fully saturated rings. The molecule has 0 aliphatic carbocycles. The van der Waals surface area contributed by atoms with Crippen LogP contribution in [-0.4, -0.2) is 51.6 Å². The lowest BCUT2D eigenvalue weighted by atomic mass is 10.5. The lowest BCUT2D eigenvalue weighted by molar-refractivity contribution is 0.386. The topological polar surface area (TPSA) is 94.6 Å². The molecule has 9 heteroatoms. The Labute approximate surface area is 146 Å². The van der Waals surface area contributed by atoms with E-state index in [0.29, 0.717) is 13.3 Å². The first-order chi connectivity index (χ1) is 10.5. The zero-order valence-electron chi connectivity index (χ0n) is 16.1. The third-order valence-electron chi connectivity index (χ3n) is 3.60. The Kier molecular flexibility index (Phi) is 11.3. The van der Waals surface area contributed by atoms with Gasteiger partial charge in [-0.3, -0.25) is 0 Å². The summed E-state index contributed by atoms with van der Waals surface area (Å²) in [5, 5.41) is 6.34. The van der Waals surface area contributed by atoms with Crippen molar-refractivity contribution in [2.75, 3.05) is 26.4 Å². The van der Waals surface area contributed by atoms with Gasteiger partial charge in [0.25, 0.3) is 0 Å². The first-order valence-corrected chi connectivity index (χ1v) is 17.8. The molecule has 0 aromatic heterocycles. The summed E-state index contributed by atoms with van der Waals surface area (Å²) >= 11 is 0. The predicted octanol–water partition coefficient (Wildman–Crippen LogP) is 1.92. The fourth-order valence-corrected chi connectivity index (χ4v) is 17.0. The monoisotopic (exact) mass is 380 g/mol. The zero-order chi connectivity index (χ0) is 18.0. The Balaban J connectivity index is 4.31. The number of nitrogens with two attached hydrogens (primary N) is 2. The van der Waals surface area contributed by atoms with Crippen LogP contribution in [0.15, 0.2) is 0 Å². The summed E-state index contributed by atoms with van der Waals surface area (Å²) in [4.78, 5) is 0. The molecule has 0 bridgehead atoms. The molecule has 0 spiro atoms. The first kappa shape index (κ1) is 23.4. The summed E-state index contributed by atoms with van der Waals surface area (Å²) in [6, 6.07) is 2.28. The molecule has 0 amide bonds. The highest BCUT2D eigenvalue weighted by Gasteiger charge is 2.39. The van der Waals surface area contributed by atoms with E-state index in [1.54, 1.807) is 0 Å². The molecule has 6 nitrogen and oxygen atoms in total. The lowest BCUT2D eigenvalue weighted by Gasteiger charge is -2.38. The molecule has 23 heavy (non-hydrogen) atoms. The van der Waals surface area contributed by atoms with Gasteiger partial charge in [-0.25, -0.2) is 0 Å². The van der Waals surface area contributed by atoms with Crippen LogP contribution in [0, 0.1) is 0 Å². The van der Waals surface area contributed by atoms with E-state index in [-0.39, 0.29) is 0 Å². The van der Waals surface area contributed by atoms with Crippen LogP contribution in [0.2, 0.25) is 51.4 Å². The number of nitrogens with one attached hydrogen (secondary N) is 2. The molecule has 0 aliphatic heterocycles. The minimum Gasteiger partial charge on any atom is -0.437 e. The van der Waals surface area contributed by atoms with Crippen molar-refractivity contribution in [2.24, 2.45) is 11.5 Å². The van der Waals surface area contributed by atoms with E-state index in [0.717, 1.165) is 38.0 Å². The van der Waals surface area contributed by atoms with Crippen molar-refractivity contribution in [1.29, 1.82) is 0 Å². The molecule has 0 aromatic rings.